The van der Waals surface area contributed by atoms with Crippen LogP contribution >= 0.6 is 0 Å². The third kappa shape index (κ3) is 17.5. The predicted octanol–water partition coefficient (Wildman–Crippen LogP) is 13.8. The van der Waals surface area contributed by atoms with Crippen molar-refractivity contribution in [3.05, 3.63) is 47.5 Å². The Morgan fingerprint density at radius 2 is 0.750 bits per heavy atom. The second kappa shape index (κ2) is 22.4. The molecule has 0 heterocycles. The van der Waals surface area contributed by atoms with Crippen LogP contribution in [0.1, 0.15) is 134 Å². The Morgan fingerprint density at radius 3 is 1.00 bits per heavy atom. The molecule has 0 aromatic heterocycles. The number of rotatable bonds is 22. The van der Waals surface area contributed by atoms with Crippen LogP contribution in [0.4, 0.5) is 0 Å². The average molecular weight is 1010 g/mol. The lowest BCUT2D eigenvalue weighted by Crippen LogP contribution is -2.45. The maximum atomic E-state index is 13.0. The topological polar surface area (TPSA) is 167 Å². The highest BCUT2D eigenvalue weighted by atomic mass is 28.4. The molecule has 0 bridgehead atoms. The SMILES string of the molecule is CC(C#N)(CCC(=O)NCCc1ccc(O[Si](C)(C)C(C)(C)C)c(O[Si](C)(C)C(C)(C)C)c1)N=NC(C)(C#N)CCC(=O)NCCc1ccc(O[Si](C)(C)C(C)(C)C)c(O[Si](C)(C)C(C)(C)C)c1. The van der Waals surface area contributed by atoms with Gasteiger partial charge in [0.15, 0.2) is 11.1 Å². The lowest BCUT2D eigenvalue weighted by atomic mass is 9.97. The summed E-state index contributed by atoms with van der Waals surface area (Å²) in [5, 5.41) is 34.8. The molecular weight excluding hydrogens is 917 g/mol. The minimum Gasteiger partial charge on any atom is -0.541 e. The summed E-state index contributed by atoms with van der Waals surface area (Å²) in [5.41, 5.74) is -0.653. The number of hydrogen-bond acceptors (Lipinski definition) is 10. The Bertz CT molecular complexity index is 2020. The van der Waals surface area contributed by atoms with Gasteiger partial charge < -0.3 is 28.3 Å². The van der Waals surface area contributed by atoms with Gasteiger partial charge in [-0.05, 0) is 147 Å². The van der Waals surface area contributed by atoms with Crippen molar-refractivity contribution in [3.8, 4) is 35.1 Å². The van der Waals surface area contributed by atoms with Gasteiger partial charge in [0.25, 0.3) is 33.3 Å². The van der Waals surface area contributed by atoms with Crippen LogP contribution in [0.5, 0.6) is 23.0 Å². The first-order valence-corrected chi connectivity index (χ1v) is 36.1. The standard InChI is InChI=1S/C52H90N6O6Si4/c1-47(2,3)65(15,16)61-41-25-23-39(35-43(41)63-67(19,20)49(7,8)9)29-33-55-45(59)27-31-51(13,37-53)57-58-52(14,38-54)32-28-46(60)56-34-30-40-24-26-42(62-66(17,18)48(4,5)6)44(36-40)64-68(21,22)50(10,11)12/h23-26,35-36H,27-34H2,1-22H3,(H,55,59)(H,56,60). The van der Waals surface area contributed by atoms with Crippen LogP contribution in [0.15, 0.2) is 46.6 Å². The fourth-order valence-electron chi connectivity index (χ4n) is 5.52. The lowest BCUT2D eigenvalue weighted by molar-refractivity contribution is -0.122. The second-order valence-corrected chi connectivity index (χ2v) is 44.1. The molecule has 2 aromatic carbocycles. The Kier molecular flexibility index (Phi) is 19.8. The largest absolute Gasteiger partial charge is 0.541 e. The van der Waals surface area contributed by atoms with Crippen molar-refractivity contribution < 1.29 is 27.3 Å². The van der Waals surface area contributed by atoms with Crippen molar-refractivity contribution in [1.29, 1.82) is 10.5 Å². The number of azo groups is 1. The van der Waals surface area contributed by atoms with E-state index in [-0.39, 0.29) is 57.7 Å². The Hall–Kier alpha value is -3.97. The number of nitrogens with one attached hydrogen (secondary N) is 2. The number of benzene rings is 2. The van der Waals surface area contributed by atoms with Crippen LogP contribution in [0.25, 0.3) is 0 Å². The van der Waals surface area contributed by atoms with E-state index in [4.69, 9.17) is 17.7 Å². The van der Waals surface area contributed by atoms with Crippen LogP contribution in [-0.4, -0.2) is 69.3 Å². The molecule has 2 atom stereocenters. The van der Waals surface area contributed by atoms with Gasteiger partial charge in [-0.2, -0.15) is 20.8 Å². The second-order valence-electron chi connectivity index (χ2n) is 25.2. The summed E-state index contributed by atoms with van der Waals surface area (Å²) >= 11 is 0. The normalized spacial score (nSPS) is 15.1. The van der Waals surface area contributed by atoms with Crippen molar-refractivity contribution in [2.45, 2.75) is 219 Å². The van der Waals surface area contributed by atoms with Crippen LogP contribution in [0, 0.1) is 22.7 Å². The van der Waals surface area contributed by atoms with Gasteiger partial charge in [-0.3, -0.25) is 9.59 Å². The molecule has 0 saturated carbocycles. The highest BCUT2D eigenvalue weighted by molar-refractivity contribution is 6.76. The Labute approximate surface area is 416 Å². The van der Waals surface area contributed by atoms with Crippen molar-refractivity contribution in [2.75, 3.05) is 13.1 Å². The highest BCUT2D eigenvalue weighted by Crippen LogP contribution is 2.46. The van der Waals surface area contributed by atoms with Crippen molar-refractivity contribution in [1.82, 2.24) is 10.6 Å². The number of amides is 2. The molecule has 0 spiro atoms. The summed E-state index contributed by atoms with van der Waals surface area (Å²) in [6.07, 6.45) is 1.47. The van der Waals surface area contributed by atoms with Gasteiger partial charge >= 0.3 is 0 Å². The van der Waals surface area contributed by atoms with Crippen molar-refractivity contribution in [3.63, 3.8) is 0 Å². The van der Waals surface area contributed by atoms with Gasteiger partial charge in [0, 0.05) is 25.9 Å². The molecule has 16 heteroatoms. The summed E-state index contributed by atoms with van der Waals surface area (Å²) in [6, 6.07) is 16.5. The molecule has 2 aromatic rings. The van der Waals surface area contributed by atoms with E-state index in [1.54, 1.807) is 13.8 Å². The minimum atomic E-state index is -2.19. The van der Waals surface area contributed by atoms with Gasteiger partial charge in [-0.1, -0.05) is 95.2 Å². The van der Waals surface area contributed by atoms with E-state index >= 15 is 0 Å². The molecule has 0 radical (unpaired) electrons. The van der Waals surface area contributed by atoms with E-state index in [1.165, 1.54) is 0 Å². The highest BCUT2D eigenvalue weighted by Gasteiger charge is 2.44. The predicted molar refractivity (Wildman–Crippen MR) is 289 cm³/mol. The van der Waals surface area contributed by atoms with Crippen LogP contribution in [-0.2, 0) is 22.4 Å². The molecule has 380 valence electrons. The number of nitriles is 2. The zero-order valence-corrected chi connectivity index (χ0v) is 50.4. The third-order valence-corrected chi connectivity index (χ3v) is 32.2. The maximum absolute atomic E-state index is 13.0. The Balaban J connectivity index is 2.04. The summed E-state index contributed by atoms with van der Waals surface area (Å²) in [7, 11) is -8.66. The van der Waals surface area contributed by atoms with Crippen LogP contribution in [0.3, 0.4) is 0 Å². The number of hydrogen-bond donors (Lipinski definition) is 2. The zero-order chi connectivity index (χ0) is 52.6. The summed E-state index contributed by atoms with van der Waals surface area (Å²) in [6.45, 7) is 48.4. The van der Waals surface area contributed by atoms with Crippen LogP contribution in [0.2, 0.25) is 72.5 Å². The van der Waals surface area contributed by atoms with Gasteiger partial charge in [0.05, 0.1) is 12.1 Å². The molecule has 2 unspecified atom stereocenters. The maximum Gasteiger partial charge on any atom is 0.250 e. The molecule has 2 N–H and O–H groups in total. The molecule has 0 fully saturated rings. The van der Waals surface area contributed by atoms with E-state index in [9.17, 15) is 20.1 Å². The monoisotopic (exact) mass is 1010 g/mol. The number of carbonyl (C=O) groups is 2. The molecule has 0 aliphatic rings. The molecule has 0 aliphatic carbocycles. The minimum absolute atomic E-state index is 0.00367. The quantitative estimate of drug-likeness (QED) is 0.0868. The van der Waals surface area contributed by atoms with Crippen molar-refractivity contribution >= 4 is 45.1 Å². The van der Waals surface area contributed by atoms with E-state index in [0.29, 0.717) is 25.9 Å². The smallest absolute Gasteiger partial charge is 0.250 e. The van der Waals surface area contributed by atoms with E-state index in [2.05, 4.69) is 168 Å². The fraction of sp³-hybridized carbons (Fsp3) is 0.692. The molecule has 68 heavy (non-hydrogen) atoms. The molecule has 12 nitrogen and oxygen atoms in total. The molecular formula is C52H90N6O6Si4. The number of nitrogens with zero attached hydrogens (tertiary/aromatic N) is 4. The first-order chi connectivity index (χ1) is 30.6. The van der Waals surface area contributed by atoms with E-state index in [1.807, 2.05) is 36.4 Å². The molecule has 0 saturated heterocycles. The zero-order valence-electron chi connectivity index (χ0n) is 46.4. The van der Waals surface area contributed by atoms with E-state index < -0.39 is 44.3 Å². The van der Waals surface area contributed by atoms with Gasteiger partial charge in [-0.25, -0.2) is 0 Å². The third-order valence-electron chi connectivity index (χ3n) is 14.8. The fourth-order valence-corrected chi connectivity index (χ4v) is 9.60. The molecule has 0 aliphatic heterocycles. The summed E-state index contributed by atoms with van der Waals surface area (Å²) in [4.78, 5) is 26.1. The van der Waals surface area contributed by atoms with E-state index in [0.717, 1.165) is 34.1 Å². The summed E-state index contributed by atoms with van der Waals surface area (Å²) < 4.78 is 27.1. The first kappa shape index (κ1) is 60.1. The van der Waals surface area contributed by atoms with Gasteiger partial charge in [-0.15, -0.1) is 0 Å². The van der Waals surface area contributed by atoms with Crippen LogP contribution < -0.4 is 28.3 Å². The van der Waals surface area contributed by atoms with Gasteiger partial charge in [0.1, 0.15) is 23.0 Å². The first-order valence-electron chi connectivity index (χ1n) is 24.4. The van der Waals surface area contributed by atoms with Gasteiger partial charge in [0.2, 0.25) is 11.8 Å². The average Bonchev–Trinajstić information content (AvgIpc) is 3.18. The van der Waals surface area contributed by atoms with Crippen molar-refractivity contribution in [2.24, 2.45) is 10.2 Å². The molecule has 2 rings (SSSR count). The lowest BCUT2D eigenvalue weighted by Gasteiger charge is -2.39. The summed E-state index contributed by atoms with van der Waals surface area (Å²) in [5.74, 6) is 2.59. The Morgan fingerprint density at radius 1 is 0.485 bits per heavy atom. The number of carbonyl (C=O) groups excluding carboxylic acids is 2. The molecule has 2 amide bonds.